The third-order valence-corrected chi connectivity index (χ3v) is 9.20. The molecule has 0 saturated carbocycles. The topological polar surface area (TPSA) is 59.3 Å². The van der Waals surface area contributed by atoms with Gasteiger partial charge in [0.05, 0.1) is 5.69 Å². The van der Waals surface area contributed by atoms with Gasteiger partial charge in [-0.05, 0) is 64.1 Å². The van der Waals surface area contributed by atoms with Crippen molar-refractivity contribution in [2.24, 2.45) is 0 Å². The molecule has 0 fully saturated rings. The Bertz CT molecular complexity index is 2400. The standard InChI is InChI=1S/C43H39N6O.Pt/c1-28-21-35(43(5,6)7)41(46-25-28)48-27-47(39-26-44-19-18-37(39)48)30-11-10-12-31(23-30)50-32-15-16-34-33-13-8-9-14-36(33)49(38(34)24-32)40-22-29(17-20-45-40)42(2,3)4;/h8-22,25-27H,1-7H3;/q-3;. The molecule has 0 atom stereocenters. The zero-order chi connectivity index (χ0) is 34.8. The fourth-order valence-electron chi connectivity index (χ4n) is 6.61. The number of aromatic nitrogens is 4. The Labute approximate surface area is 314 Å². The van der Waals surface area contributed by atoms with Crippen molar-refractivity contribution in [3.8, 4) is 17.3 Å². The second-order valence-corrected chi connectivity index (χ2v) is 14.9. The molecule has 0 radical (unpaired) electrons. The number of benzene rings is 3. The van der Waals surface area contributed by atoms with Gasteiger partial charge in [0.25, 0.3) is 0 Å². The van der Waals surface area contributed by atoms with E-state index in [0.29, 0.717) is 11.5 Å². The summed E-state index contributed by atoms with van der Waals surface area (Å²) in [6, 6.07) is 34.0. The second-order valence-electron chi connectivity index (χ2n) is 14.9. The molecule has 3 aromatic carbocycles. The number of rotatable bonds is 5. The van der Waals surface area contributed by atoms with Crippen LogP contribution in [0, 0.1) is 25.7 Å². The number of pyridine rings is 3. The summed E-state index contributed by atoms with van der Waals surface area (Å²) in [5.41, 5.74) is 8.14. The first-order valence-corrected chi connectivity index (χ1v) is 16.9. The number of fused-ring (bicyclic) bond motifs is 4. The van der Waals surface area contributed by atoms with E-state index in [1.54, 1.807) is 0 Å². The molecule has 0 aliphatic carbocycles. The van der Waals surface area contributed by atoms with E-state index in [0.717, 1.165) is 56.1 Å². The van der Waals surface area contributed by atoms with E-state index in [2.05, 4.69) is 135 Å². The summed E-state index contributed by atoms with van der Waals surface area (Å²) in [6.45, 7) is 17.5. The van der Waals surface area contributed by atoms with E-state index < -0.39 is 0 Å². The van der Waals surface area contributed by atoms with Crippen LogP contribution in [0.5, 0.6) is 11.5 Å². The number of anilines is 4. The molecule has 0 unspecified atom stereocenters. The van der Waals surface area contributed by atoms with Crippen LogP contribution in [-0.4, -0.2) is 19.5 Å². The monoisotopic (exact) mass is 850 g/mol. The Morgan fingerprint density at radius 3 is 2.31 bits per heavy atom. The Balaban J connectivity index is 0.00000406. The van der Waals surface area contributed by atoms with Crippen LogP contribution in [0.3, 0.4) is 0 Å². The quantitative estimate of drug-likeness (QED) is 0.161. The summed E-state index contributed by atoms with van der Waals surface area (Å²) in [4.78, 5) is 18.4. The summed E-state index contributed by atoms with van der Waals surface area (Å²) >= 11 is 0. The van der Waals surface area contributed by atoms with Crippen LogP contribution in [-0.2, 0) is 31.9 Å². The van der Waals surface area contributed by atoms with E-state index in [9.17, 15) is 0 Å². The normalized spacial score (nSPS) is 13.1. The first kappa shape index (κ1) is 34.4. The average molecular weight is 851 g/mol. The molecule has 5 heterocycles. The second kappa shape index (κ2) is 13.0. The number of nitrogens with zero attached hydrogens (tertiary/aromatic N) is 6. The van der Waals surface area contributed by atoms with E-state index >= 15 is 0 Å². The van der Waals surface area contributed by atoms with Gasteiger partial charge in [0.15, 0.2) is 0 Å². The minimum atomic E-state index is -0.0998. The third kappa shape index (κ3) is 6.29. The van der Waals surface area contributed by atoms with E-state index in [1.807, 2.05) is 55.1 Å². The fraction of sp³-hybridized carbons (Fsp3) is 0.209. The zero-order valence-corrected chi connectivity index (χ0v) is 32.1. The molecule has 0 saturated heterocycles. The predicted molar refractivity (Wildman–Crippen MR) is 202 cm³/mol. The smallest absolute Gasteiger partial charge is 0.135 e. The molecule has 4 aromatic heterocycles. The number of para-hydroxylation sites is 1. The van der Waals surface area contributed by atoms with Gasteiger partial charge in [-0.25, -0.2) is 9.97 Å². The van der Waals surface area contributed by atoms with E-state index in [1.165, 1.54) is 11.1 Å². The Kier molecular flexibility index (Phi) is 8.75. The van der Waals surface area contributed by atoms with Crippen molar-refractivity contribution in [2.45, 2.75) is 59.3 Å². The Hall–Kier alpha value is -5.00. The van der Waals surface area contributed by atoms with Gasteiger partial charge in [-0.2, -0.15) is 12.1 Å². The summed E-state index contributed by atoms with van der Waals surface area (Å²) in [5.74, 6) is 2.92. The molecule has 7 nitrogen and oxygen atoms in total. The molecule has 0 N–H and O–H groups in total. The average Bonchev–Trinajstić information content (AvgIpc) is 3.64. The van der Waals surface area contributed by atoms with E-state index in [-0.39, 0.29) is 31.9 Å². The molecule has 8 rings (SSSR count). The molecular formula is C43H39N6OPt-3. The first-order valence-electron chi connectivity index (χ1n) is 16.9. The van der Waals surface area contributed by atoms with Crippen LogP contribution in [0.25, 0.3) is 27.6 Å². The maximum absolute atomic E-state index is 6.50. The fourth-order valence-corrected chi connectivity index (χ4v) is 6.61. The van der Waals surface area contributed by atoms with Gasteiger partial charge in [0, 0.05) is 68.6 Å². The SMILES string of the molecule is Cc1cnc(N2[CH-]N(c3[c-]c(Oc4[c-]c5c(cc4)c4ccccc4n5-c4cc(C(C)(C)C)ccn4)ccc3)c3cnccc32)c(C(C)(C)C)c1.[Pt]. The van der Waals surface area contributed by atoms with Crippen LogP contribution in [0.15, 0.2) is 104 Å². The van der Waals surface area contributed by atoms with Crippen LogP contribution in [0.1, 0.15) is 58.2 Å². The molecule has 0 spiro atoms. The van der Waals surface area contributed by atoms with Gasteiger partial charge in [0.2, 0.25) is 0 Å². The molecule has 0 amide bonds. The summed E-state index contributed by atoms with van der Waals surface area (Å²) in [7, 11) is 0. The molecule has 260 valence electrons. The Morgan fingerprint density at radius 2 is 1.51 bits per heavy atom. The number of aryl methyl sites for hydroxylation is 1. The molecular weight excluding hydrogens is 812 g/mol. The molecule has 8 heteroatoms. The Morgan fingerprint density at radius 1 is 0.706 bits per heavy atom. The molecule has 7 aromatic rings. The van der Waals surface area contributed by atoms with Crippen LogP contribution in [0.2, 0.25) is 0 Å². The summed E-state index contributed by atoms with van der Waals surface area (Å²) in [6.07, 6.45) is 7.51. The molecule has 1 aliphatic heterocycles. The van der Waals surface area contributed by atoms with E-state index in [4.69, 9.17) is 14.7 Å². The van der Waals surface area contributed by atoms with Crippen LogP contribution >= 0.6 is 0 Å². The first-order chi connectivity index (χ1) is 24.0. The van der Waals surface area contributed by atoms with Gasteiger partial charge in [-0.3, -0.25) is 4.98 Å². The van der Waals surface area contributed by atoms with Gasteiger partial charge in [-0.15, -0.1) is 48.1 Å². The van der Waals surface area contributed by atoms with Crippen molar-refractivity contribution in [2.75, 3.05) is 9.80 Å². The van der Waals surface area contributed by atoms with Crippen molar-refractivity contribution in [3.63, 3.8) is 0 Å². The maximum atomic E-state index is 6.50. The number of hydrogen-bond acceptors (Lipinski definition) is 6. The predicted octanol–water partition coefficient (Wildman–Crippen LogP) is 10.7. The van der Waals surface area contributed by atoms with Crippen molar-refractivity contribution >= 4 is 44.7 Å². The van der Waals surface area contributed by atoms with Crippen molar-refractivity contribution in [1.82, 2.24) is 19.5 Å². The molecule has 1 aliphatic rings. The van der Waals surface area contributed by atoms with Gasteiger partial charge in [0.1, 0.15) is 11.6 Å². The minimum Gasteiger partial charge on any atom is -0.509 e. The van der Waals surface area contributed by atoms with Crippen molar-refractivity contribution in [3.05, 3.63) is 139 Å². The maximum Gasteiger partial charge on any atom is 0.135 e. The van der Waals surface area contributed by atoms with Crippen LogP contribution in [0.4, 0.5) is 22.9 Å². The molecule has 0 bridgehead atoms. The number of ether oxygens (including phenoxy) is 1. The van der Waals surface area contributed by atoms with Crippen molar-refractivity contribution in [1.29, 1.82) is 0 Å². The van der Waals surface area contributed by atoms with Gasteiger partial charge < -0.3 is 19.1 Å². The van der Waals surface area contributed by atoms with Crippen molar-refractivity contribution < 1.29 is 25.8 Å². The largest absolute Gasteiger partial charge is 0.509 e. The third-order valence-electron chi connectivity index (χ3n) is 9.20. The summed E-state index contributed by atoms with van der Waals surface area (Å²) in [5, 5.41) is 2.23. The molecule has 51 heavy (non-hydrogen) atoms. The number of hydrogen-bond donors (Lipinski definition) is 0. The minimum absolute atomic E-state index is 0. The summed E-state index contributed by atoms with van der Waals surface area (Å²) < 4.78 is 8.68. The zero-order valence-electron chi connectivity index (χ0n) is 29.8. The van der Waals surface area contributed by atoms with Gasteiger partial charge >= 0.3 is 0 Å². The van der Waals surface area contributed by atoms with Crippen LogP contribution < -0.4 is 14.5 Å². The van der Waals surface area contributed by atoms with Gasteiger partial charge in [-0.1, -0.05) is 71.3 Å².